The molecule has 0 saturated carbocycles. The molecule has 2 atom stereocenters. The number of carbonyl (C=O) groups excluding carboxylic acids is 2. The van der Waals surface area contributed by atoms with E-state index in [0.29, 0.717) is 16.8 Å². The van der Waals surface area contributed by atoms with E-state index in [1.165, 1.54) is 30.5 Å². The molecule has 0 bridgehead atoms. The number of sulfone groups is 1. The average molecular weight is 503 g/mol. The predicted octanol–water partition coefficient (Wildman–Crippen LogP) is 4.86. The molecule has 0 aromatic heterocycles. The van der Waals surface area contributed by atoms with Gasteiger partial charge in [-0.2, -0.15) is 0 Å². The van der Waals surface area contributed by atoms with Gasteiger partial charge in [0.15, 0.2) is 15.6 Å². The first kappa shape index (κ1) is 26.4. The molecule has 1 aliphatic heterocycles. The van der Waals surface area contributed by atoms with Gasteiger partial charge in [0.1, 0.15) is 5.57 Å². The summed E-state index contributed by atoms with van der Waals surface area (Å²) in [6.45, 7) is 7.17. The molecule has 1 amide bonds. The summed E-state index contributed by atoms with van der Waals surface area (Å²) in [5.74, 6) is -2.17. The molecule has 1 heterocycles. The highest BCUT2D eigenvalue weighted by Crippen LogP contribution is 2.31. The van der Waals surface area contributed by atoms with Crippen LogP contribution in [0, 0.1) is 12.8 Å². The van der Waals surface area contributed by atoms with Gasteiger partial charge in [0.05, 0.1) is 16.9 Å². The van der Waals surface area contributed by atoms with E-state index in [4.69, 9.17) is 0 Å². The van der Waals surface area contributed by atoms with Crippen molar-refractivity contribution in [2.75, 3.05) is 6.26 Å². The Morgan fingerprint density at radius 3 is 2.34 bits per heavy atom. The third-order valence-electron chi connectivity index (χ3n) is 6.04. The second-order valence-electron chi connectivity index (χ2n) is 9.07. The van der Waals surface area contributed by atoms with Crippen LogP contribution in [0.15, 0.2) is 64.1 Å². The molecule has 0 radical (unpaired) electrons. The minimum atomic E-state index is -3.38. The van der Waals surface area contributed by atoms with Crippen molar-refractivity contribution in [1.82, 2.24) is 5.32 Å². The molecule has 35 heavy (non-hydrogen) atoms. The van der Waals surface area contributed by atoms with Gasteiger partial charge in [-0.3, -0.25) is 14.6 Å². The number of alkyl halides is 2. The van der Waals surface area contributed by atoms with Crippen LogP contribution >= 0.6 is 0 Å². The van der Waals surface area contributed by atoms with Gasteiger partial charge in [-0.1, -0.05) is 38.1 Å². The highest BCUT2D eigenvalue weighted by molar-refractivity contribution is 7.90. The highest BCUT2D eigenvalue weighted by Gasteiger charge is 2.34. The minimum absolute atomic E-state index is 0.0789. The Morgan fingerprint density at radius 2 is 1.77 bits per heavy atom. The van der Waals surface area contributed by atoms with Crippen molar-refractivity contribution in [1.29, 1.82) is 0 Å². The van der Waals surface area contributed by atoms with Crippen LogP contribution < -0.4 is 5.32 Å². The molecule has 1 aliphatic rings. The fourth-order valence-corrected chi connectivity index (χ4v) is 4.84. The lowest BCUT2D eigenvalue weighted by atomic mass is 9.84. The summed E-state index contributed by atoms with van der Waals surface area (Å²) >= 11 is 0. The number of benzene rings is 2. The fourth-order valence-electron chi connectivity index (χ4n) is 4.14. The second kappa shape index (κ2) is 10.2. The van der Waals surface area contributed by atoms with Crippen LogP contribution in [-0.4, -0.2) is 32.1 Å². The van der Waals surface area contributed by atoms with Crippen LogP contribution in [0.2, 0.25) is 0 Å². The van der Waals surface area contributed by atoms with E-state index >= 15 is 0 Å². The number of nitrogens with one attached hydrogen (secondary N) is 1. The number of nitrogens with zero attached hydrogens (tertiary/aromatic N) is 1. The van der Waals surface area contributed by atoms with Crippen molar-refractivity contribution in [3.63, 3.8) is 0 Å². The van der Waals surface area contributed by atoms with Gasteiger partial charge < -0.3 is 5.32 Å². The van der Waals surface area contributed by atoms with E-state index in [-0.39, 0.29) is 21.9 Å². The van der Waals surface area contributed by atoms with Crippen molar-refractivity contribution in [3.8, 4) is 0 Å². The maximum absolute atomic E-state index is 13.3. The Hall–Kier alpha value is -3.20. The Bertz CT molecular complexity index is 1330. The molecule has 9 heteroatoms. The maximum Gasteiger partial charge on any atom is 0.263 e. The van der Waals surface area contributed by atoms with Crippen molar-refractivity contribution in [2.45, 2.75) is 51.0 Å². The molecule has 0 fully saturated rings. The van der Waals surface area contributed by atoms with Crippen molar-refractivity contribution in [3.05, 3.63) is 76.5 Å². The highest BCUT2D eigenvalue weighted by atomic mass is 32.2. The number of aliphatic imine (C=N–C) groups is 1. The van der Waals surface area contributed by atoms with Crippen molar-refractivity contribution >= 4 is 27.2 Å². The molecule has 0 saturated heterocycles. The van der Waals surface area contributed by atoms with Gasteiger partial charge in [-0.25, -0.2) is 17.2 Å². The molecule has 2 aromatic rings. The summed E-state index contributed by atoms with van der Waals surface area (Å²) in [5.41, 5.74) is 1.79. The van der Waals surface area contributed by atoms with Gasteiger partial charge >= 0.3 is 0 Å². The zero-order valence-corrected chi connectivity index (χ0v) is 21.0. The molecule has 3 rings (SSSR count). The number of aryl methyl sites for hydroxylation is 1. The molecule has 2 unspecified atom stereocenters. The number of carbonyl (C=O) groups is 2. The smallest absolute Gasteiger partial charge is 0.263 e. The van der Waals surface area contributed by atoms with Crippen LogP contribution in [0.1, 0.15) is 61.4 Å². The van der Waals surface area contributed by atoms with E-state index in [2.05, 4.69) is 10.3 Å². The number of ketones is 1. The summed E-state index contributed by atoms with van der Waals surface area (Å²) in [5, 5.41) is 2.88. The molecule has 0 aliphatic carbocycles. The first-order chi connectivity index (χ1) is 16.3. The van der Waals surface area contributed by atoms with Crippen LogP contribution in [0.4, 0.5) is 8.78 Å². The molecule has 1 N–H and O–H groups in total. The first-order valence-electron chi connectivity index (χ1n) is 11.1. The van der Waals surface area contributed by atoms with E-state index in [9.17, 15) is 26.8 Å². The lowest BCUT2D eigenvalue weighted by Gasteiger charge is -2.27. The van der Waals surface area contributed by atoms with Crippen LogP contribution in [0.5, 0.6) is 0 Å². The van der Waals surface area contributed by atoms with Gasteiger partial charge in [0.2, 0.25) is 0 Å². The average Bonchev–Trinajstić information content (AvgIpc) is 2.77. The summed E-state index contributed by atoms with van der Waals surface area (Å²) < 4.78 is 50.2. The predicted molar refractivity (Wildman–Crippen MR) is 130 cm³/mol. The standard InChI is InChI=1S/C26H28F2N2O4S/c1-14(2)23(20-10-9-19(11-15(20)3)35(5,33)34)30-26(32)21-13-29-16(4)22(24(21)31)17-7-6-8-18(12-17)25(27)28/h6-14,22-23,25H,1-5H3,(H,30,32). The summed E-state index contributed by atoms with van der Waals surface area (Å²) in [4.78, 5) is 30.9. The SMILES string of the molecule is CC1=NC=C(C(=O)NC(c2ccc(S(C)(=O)=O)cc2C)C(C)C)C(=O)C1c1cccc(C(F)F)c1. The molecular formula is C26H28F2N2O4S. The van der Waals surface area contributed by atoms with E-state index in [1.807, 2.05) is 13.8 Å². The molecule has 2 aromatic carbocycles. The van der Waals surface area contributed by atoms with E-state index in [1.54, 1.807) is 32.0 Å². The van der Waals surface area contributed by atoms with Gasteiger partial charge in [-0.15, -0.1) is 0 Å². The molecule has 6 nitrogen and oxygen atoms in total. The Kier molecular flexibility index (Phi) is 7.69. The topological polar surface area (TPSA) is 92.7 Å². The number of rotatable bonds is 7. The van der Waals surface area contributed by atoms with Crippen LogP contribution in [-0.2, 0) is 19.4 Å². The normalized spacial score (nSPS) is 17.3. The summed E-state index contributed by atoms with van der Waals surface area (Å²) in [7, 11) is -3.38. The quantitative estimate of drug-likeness (QED) is 0.547. The Labute approximate surface area is 204 Å². The maximum atomic E-state index is 13.3. The third kappa shape index (κ3) is 5.73. The largest absolute Gasteiger partial charge is 0.345 e. The number of halogens is 2. The summed E-state index contributed by atoms with van der Waals surface area (Å²) in [6, 6.07) is 9.76. The number of Topliss-reactive ketones (excluding diaryl/α,β-unsaturated/α-hetero) is 1. The summed E-state index contributed by atoms with van der Waals surface area (Å²) in [6.07, 6.45) is -0.356. The Balaban J connectivity index is 1.90. The van der Waals surface area contributed by atoms with Crippen LogP contribution in [0.25, 0.3) is 0 Å². The number of hydrogen-bond acceptors (Lipinski definition) is 5. The molecule has 0 spiro atoms. The third-order valence-corrected chi connectivity index (χ3v) is 7.15. The van der Waals surface area contributed by atoms with Crippen molar-refractivity contribution < 1.29 is 26.8 Å². The van der Waals surface area contributed by atoms with Gasteiger partial charge in [-0.05, 0) is 54.7 Å². The van der Waals surface area contributed by atoms with E-state index < -0.39 is 39.9 Å². The zero-order chi connectivity index (χ0) is 26.1. The van der Waals surface area contributed by atoms with Gasteiger partial charge in [0.25, 0.3) is 12.3 Å². The fraction of sp³-hybridized carbons (Fsp3) is 0.346. The van der Waals surface area contributed by atoms with E-state index in [0.717, 1.165) is 11.8 Å². The monoisotopic (exact) mass is 502 g/mol. The van der Waals surface area contributed by atoms with Crippen molar-refractivity contribution in [2.24, 2.45) is 10.9 Å². The number of hydrogen-bond donors (Lipinski definition) is 1. The number of amides is 1. The minimum Gasteiger partial charge on any atom is -0.345 e. The molecular weight excluding hydrogens is 474 g/mol. The van der Waals surface area contributed by atoms with Crippen LogP contribution in [0.3, 0.4) is 0 Å². The first-order valence-corrected chi connectivity index (χ1v) is 13.0. The zero-order valence-electron chi connectivity index (χ0n) is 20.2. The molecule has 186 valence electrons. The Morgan fingerprint density at radius 1 is 1.09 bits per heavy atom. The lowest BCUT2D eigenvalue weighted by molar-refractivity contribution is -0.123. The lowest BCUT2D eigenvalue weighted by Crippen LogP contribution is -2.38. The second-order valence-corrected chi connectivity index (χ2v) is 11.1. The van der Waals surface area contributed by atoms with Gasteiger partial charge in [0, 0.05) is 23.7 Å².